The molecule has 0 spiro atoms. The molecule has 0 amide bonds. The number of hydrogen-bond donors (Lipinski definition) is 3. The predicted molar refractivity (Wildman–Crippen MR) is 29.7 cm³/mol. The van der Waals surface area contributed by atoms with E-state index in [0.29, 0.717) is 6.42 Å². The predicted octanol–water partition coefficient (Wildman–Crippen LogP) is -1.24. The average molecular weight is 154 g/mol. The van der Waals surface area contributed by atoms with E-state index in [2.05, 4.69) is 9.46 Å². The van der Waals surface area contributed by atoms with Gasteiger partial charge in [0.25, 0.3) is 0 Å². The van der Waals surface area contributed by atoms with E-state index in [1.54, 1.807) is 0 Å². The SMILES string of the molecule is CCCOO[Si](O)(O)O. The van der Waals surface area contributed by atoms with E-state index in [-0.39, 0.29) is 6.61 Å². The second-order valence-corrected chi connectivity index (χ2v) is 2.79. The minimum absolute atomic E-state index is 0.233. The van der Waals surface area contributed by atoms with Gasteiger partial charge in [0.15, 0.2) is 0 Å². The van der Waals surface area contributed by atoms with Crippen LogP contribution in [0.3, 0.4) is 0 Å². The summed E-state index contributed by atoms with van der Waals surface area (Å²) in [5.41, 5.74) is 0. The van der Waals surface area contributed by atoms with Gasteiger partial charge < -0.3 is 14.4 Å². The summed E-state index contributed by atoms with van der Waals surface area (Å²) in [5, 5.41) is 0. The molecule has 0 saturated heterocycles. The van der Waals surface area contributed by atoms with Crippen molar-refractivity contribution in [3.8, 4) is 0 Å². The summed E-state index contributed by atoms with van der Waals surface area (Å²) in [6, 6.07) is 0. The van der Waals surface area contributed by atoms with Crippen molar-refractivity contribution in [2.24, 2.45) is 0 Å². The van der Waals surface area contributed by atoms with Crippen LogP contribution in [0.15, 0.2) is 0 Å². The zero-order valence-electron chi connectivity index (χ0n) is 5.07. The highest BCUT2D eigenvalue weighted by Gasteiger charge is 2.32. The molecule has 0 unspecified atom stereocenters. The van der Waals surface area contributed by atoms with Crippen molar-refractivity contribution < 1.29 is 23.9 Å². The number of rotatable bonds is 4. The summed E-state index contributed by atoms with van der Waals surface area (Å²) < 4.78 is 3.78. The maximum atomic E-state index is 8.15. The van der Waals surface area contributed by atoms with Crippen molar-refractivity contribution in [3.05, 3.63) is 0 Å². The van der Waals surface area contributed by atoms with E-state index in [0.717, 1.165) is 0 Å². The van der Waals surface area contributed by atoms with Crippen molar-refractivity contribution in [2.75, 3.05) is 6.61 Å². The average Bonchev–Trinajstić information content (AvgIpc) is 1.63. The van der Waals surface area contributed by atoms with Crippen LogP contribution in [-0.4, -0.2) is 30.0 Å². The topological polar surface area (TPSA) is 79.2 Å². The van der Waals surface area contributed by atoms with E-state index in [1.807, 2.05) is 6.92 Å². The molecule has 0 atom stereocenters. The first kappa shape index (κ1) is 9.02. The summed E-state index contributed by atoms with van der Waals surface area (Å²) in [4.78, 5) is 28.6. The van der Waals surface area contributed by atoms with E-state index in [9.17, 15) is 0 Å². The van der Waals surface area contributed by atoms with Crippen molar-refractivity contribution in [1.29, 1.82) is 0 Å². The normalized spacial score (nSPS) is 12.0. The Bertz CT molecular complexity index is 69.1. The van der Waals surface area contributed by atoms with Gasteiger partial charge in [-0.25, -0.2) is 4.89 Å². The Morgan fingerprint density at radius 2 is 1.89 bits per heavy atom. The molecule has 0 aliphatic carbocycles. The van der Waals surface area contributed by atoms with Gasteiger partial charge >= 0.3 is 9.05 Å². The first-order chi connectivity index (χ1) is 4.06. The smallest absolute Gasteiger partial charge is 0.366 e. The van der Waals surface area contributed by atoms with Crippen molar-refractivity contribution in [3.63, 3.8) is 0 Å². The molecule has 0 fully saturated rings. The summed E-state index contributed by atoms with van der Waals surface area (Å²) >= 11 is 0. The first-order valence-corrected chi connectivity index (χ1v) is 4.29. The Balaban J connectivity index is 3.07. The lowest BCUT2D eigenvalue weighted by Crippen LogP contribution is -2.38. The van der Waals surface area contributed by atoms with Crippen LogP contribution in [0.4, 0.5) is 0 Å². The molecule has 0 aromatic rings. The highest BCUT2D eigenvalue weighted by atomic mass is 28.4. The van der Waals surface area contributed by atoms with Crippen molar-refractivity contribution in [2.45, 2.75) is 13.3 Å². The van der Waals surface area contributed by atoms with E-state index in [4.69, 9.17) is 14.4 Å². The largest absolute Gasteiger partial charge is 0.699 e. The standard InChI is InChI=1S/C3H10O5Si/c1-2-3-7-8-9(4,5)6/h4-6H,2-3H2,1H3. The second-order valence-electron chi connectivity index (χ2n) is 1.48. The minimum atomic E-state index is -4.42. The fraction of sp³-hybridized carbons (Fsp3) is 1.00. The van der Waals surface area contributed by atoms with Gasteiger partial charge in [0.2, 0.25) is 0 Å². The van der Waals surface area contributed by atoms with Gasteiger partial charge in [0, 0.05) is 0 Å². The van der Waals surface area contributed by atoms with Crippen molar-refractivity contribution >= 4 is 9.05 Å². The zero-order chi connectivity index (χ0) is 7.33. The Morgan fingerprint density at radius 1 is 1.33 bits per heavy atom. The third-order valence-corrected chi connectivity index (χ3v) is 0.800. The molecule has 0 aliphatic heterocycles. The molecule has 0 saturated carbocycles. The van der Waals surface area contributed by atoms with Gasteiger partial charge in [0.1, 0.15) is 0 Å². The van der Waals surface area contributed by atoms with Crippen molar-refractivity contribution in [1.82, 2.24) is 0 Å². The molecule has 0 radical (unpaired) electrons. The second kappa shape index (κ2) is 3.93. The Morgan fingerprint density at radius 3 is 2.22 bits per heavy atom. The third kappa shape index (κ3) is 8.02. The highest BCUT2D eigenvalue weighted by molar-refractivity contribution is 6.48. The minimum Gasteiger partial charge on any atom is -0.366 e. The molecule has 0 aromatic heterocycles. The Labute approximate surface area is 53.9 Å². The summed E-state index contributed by atoms with van der Waals surface area (Å²) in [6.07, 6.45) is 0.685. The lowest BCUT2D eigenvalue weighted by Gasteiger charge is -2.06. The maximum Gasteiger partial charge on any atom is 0.699 e. The number of hydrogen-bond acceptors (Lipinski definition) is 5. The van der Waals surface area contributed by atoms with Gasteiger partial charge in [-0.2, -0.15) is 4.58 Å². The highest BCUT2D eigenvalue weighted by Crippen LogP contribution is 1.90. The molecule has 3 N–H and O–H groups in total. The van der Waals surface area contributed by atoms with Crippen LogP contribution in [0.2, 0.25) is 0 Å². The van der Waals surface area contributed by atoms with Crippen LogP contribution >= 0.6 is 0 Å². The fourth-order valence-electron chi connectivity index (χ4n) is 0.204. The van der Waals surface area contributed by atoms with E-state index in [1.165, 1.54) is 0 Å². The molecule has 0 bridgehead atoms. The third-order valence-electron chi connectivity index (χ3n) is 0.458. The van der Waals surface area contributed by atoms with Gasteiger partial charge in [-0.05, 0) is 6.42 Å². The molecule has 56 valence electrons. The molecule has 5 nitrogen and oxygen atoms in total. The van der Waals surface area contributed by atoms with Gasteiger partial charge in [-0.15, -0.1) is 0 Å². The maximum absolute atomic E-state index is 8.15. The van der Waals surface area contributed by atoms with E-state index >= 15 is 0 Å². The van der Waals surface area contributed by atoms with Crippen LogP contribution in [0, 0.1) is 0 Å². The summed E-state index contributed by atoms with van der Waals surface area (Å²) in [6.45, 7) is 2.05. The van der Waals surface area contributed by atoms with Gasteiger partial charge in [0.05, 0.1) is 6.61 Å². The monoisotopic (exact) mass is 154 g/mol. The van der Waals surface area contributed by atoms with Crippen LogP contribution in [-0.2, 0) is 9.46 Å². The lowest BCUT2D eigenvalue weighted by atomic mass is 10.5. The van der Waals surface area contributed by atoms with Gasteiger partial charge in [-0.1, -0.05) is 6.92 Å². The van der Waals surface area contributed by atoms with Crippen LogP contribution in [0.25, 0.3) is 0 Å². The van der Waals surface area contributed by atoms with E-state index < -0.39 is 9.05 Å². The first-order valence-electron chi connectivity index (χ1n) is 2.54. The van der Waals surface area contributed by atoms with Gasteiger partial charge in [-0.3, -0.25) is 0 Å². The quantitative estimate of drug-likeness (QED) is 0.204. The fourth-order valence-corrected chi connectivity index (χ4v) is 0.446. The molecule has 0 rings (SSSR count). The molecule has 0 aliphatic rings. The lowest BCUT2D eigenvalue weighted by molar-refractivity contribution is -0.261. The molecule has 0 heterocycles. The molecule has 6 heteroatoms. The Hall–Kier alpha value is 0.0169. The molecule has 0 aromatic carbocycles. The summed E-state index contributed by atoms with van der Waals surface area (Å²) in [5.74, 6) is 0. The molecular weight excluding hydrogens is 144 g/mol. The van der Waals surface area contributed by atoms with Crippen LogP contribution in [0.1, 0.15) is 13.3 Å². The Kier molecular flexibility index (Phi) is 3.94. The molecular formula is C3H10O5Si. The van der Waals surface area contributed by atoms with Crippen LogP contribution < -0.4 is 0 Å². The molecule has 9 heavy (non-hydrogen) atoms. The van der Waals surface area contributed by atoms with Crippen LogP contribution in [0.5, 0.6) is 0 Å². The zero-order valence-corrected chi connectivity index (χ0v) is 6.07. The summed E-state index contributed by atoms with van der Waals surface area (Å²) in [7, 11) is -4.42.